The van der Waals surface area contributed by atoms with Crippen LogP contribution in [0, 0.1) is 6.92 Å². The summed E-state index contributed by atoms with van der Waals surface area (Å²) in [5.74, 6) is -3.19. The molecule has 0 fully saturated rings. The lowest BCUT2D eigenvalue weighted by Crippen LogP contribution is -2.54. The minimum Gasteiger partial charge on any atom is -0.462 e. The fourth-order valence-corrected chi connectivity index (χ4v) is 2.64. The van der Waals surface area contributed by atoms with Crippen LogP contribution in [0.3, 0.4) is 0 Å². The lowest BCUT2D eigenvalue weighted by molar-refractivity contribution is -0.190. The Bertz CT molecular complexity index is 677. The van der Waals surface area contributed by atoms with Crippen molar-refractivity contribution in [2.24, 2.45) is 0 Å². The van der Waals surface area contributed by atoms with Gasteiger partial charge in [-0.2, -0.15) is 0 Å². The molecule has 0 saturated carbocycles. The molecule has 7 heteroatoms. The van der Waals surface area contributed by atoms with Crippen LogP contribution in [0.4, 0.5) is 0 Å². The van der Waals surface area contributed by atoms with Gasteiger partial charge in [-0.05, 0) is 32.4 Å². The number of rotatable bonds is 8. The van der Waals surface area contributed by atoms with E-state index in [1.165, 1.54) is 6.08 Å². The summed E-state index contributed by atoms with van der Waals surface area (Å²) in [7, 11) is 0. The van der Waals surface area contributed by atoms with Crippen LogP contribution in [0.1, 0.15) is 31.9 Å². The Morgan fingerprint density at radius 3 is 2.12 bits per heavy atom. The summed E-state index contributed by atoms with van der Waals surface area (Å²) in [6, 6.07) is 7.32. The van der Waals surface area contributed by atoms with E-state index in [2.05, 4.69) is 0 Å². The maximum absolute atomic E-state index is 12.7. The third-order valence-electron chi connectivity index (χ3n) is 3.40. The van der Waals surface area contributed by atoms with Gasteiger partial charge in [0.25, 0.3) is 0 Å². The molecule has 0 spiro atoms. The largest absolute Gasteiger partial charge is 0.462 e. The molecule has 0 aromatic heterocycles. The average Bonchev–Trinajstić information content (AvgIpc) is 2.58. The molecule has 0 unspecified atom stereocenters. The van der Waals surface area contributed by atoms with Gasteiger partial charge in [0.2, 0.25) is 0 Å². The zero-order valence-corrected chi connectivity index (χ0v) is 16.1. The second-order valence-corrected chi connectivity index (χ2v) is 5.70. The molecule has 1 aromatic rings. The molecule has 0 aliphatic carbocycles. The molecule has 1 aromatic carbocycles. The fourth-order valence-electron chi connectivity index (χ4n) is 2.37. The maximum atomic E-state index is 12.7. The smallest absolute Gasteiger partial charge is 0.367 e. The van der Waals surface area contributed by atoms with Crippen molar-refractivity contribution in [1.29, 1.82) is 0 Å². The summed E-state index contributed by atoms with van der Waals surface area (Å²) in [4.78, 5) is 37.0. The van der Waals surface area contributed by atoms with Crippen LogP contribution in [0.2, 0.25) is 0 Å². The molecule has 0 radical (unpaired) electrons. The van der Waals surface area contributed by atoms with Crippen LogP contribution in [0.25, 0.3) is 6.08 Å². The van der Waals surface area contributed by atoms with Gasteiger partial charge in [0.05, 0.1) is 13.2 Å². The number of hydrogen-bond donors (Lipinski definition) is 0. The van der Waals surface area contributed by atoms with Gasteiger partial charge in [0.15, 0.2) is 0 Å². The molecule has 0 heterocycles. The molecular weight excluding hydrogens is 360 g/mol. The first-order valence-corrected chi connectivity index (χ1v) is 8.72. The molecule has 0 bridgehead atoms. The summed E-state index contributed by atoms with van der Waals surface area (Å²) in [5, 5.41) is 0. The van der Waals surface area contributed by atoms with Crippen molar-refractivity contribution in [3.8, 4) is 0 Å². The highest BCUT2D eigenvalue weighted by molar-refractivity contribution is 6.22. The van der Waals surface area contributed by atoms with Crippen LogP contribution < -0.4 is 0 Å². The van der Waals surface area contributed by atoms with Crippen LogP contribution >= 0.6 is 11.6 Å². The van der Waals surface area contributed by atoms with Gasteiger partial charge in [-0.25, -0.2) is 9.59 Å². The first-order chi connectivity index (χ1) is 12.3. The monoisotopic (exact) mass is 382 g/mol. The van der Waals surface area contributed by atoms with E-state index in [-0.39, 0.29) is 24.7 Å². The molecule has 0 aliphatic rings. The van der Waals surface area contributed by atoms with E-state index in [1.54, 1.807) is 19.9 Å². The predicted molar refractivity (Wildman–Crippen MR) is 97.6 cm³/mol. The Morgan fingerprint density at radius 1 is 1.12 bits per heavy atom. The lowest BCUT2D eigenvalue weighted by atomic mass is 9.92. The van der Waals surface area contributed by atoms with E-state index in [4.69, 9.17) is 25.8 Å². The molecule has 0 N–H and O–H groups in total. The van der Waals surface area contributed by atoms with E-state index in [9.17, 15) is 14.4 Å². The minimum atomic E-state index is -2.39. The predicted octanol–water partition coefficient (Wildman–Crippen LogP) is 3.05. The van der Waals surface area contributed by atoms with Crippen molar-refractivity contribution in [2.75, 3.05) is 19.1 Å². The van der Waals surface area contributed by atoms with Crippen molar-refractivity contribution in [3.05, 3.63) is 41.0 Å². The standard InChI is InChI=1S/C19H23ClO6/c1-5-24-17(22)19(26-14(4)21,18(23)25-6-2)16(12-20)11-15-9-7-8-13(3)10-15/h7-11H,5-6,12H2,1-4H3/b16-11+. The lowest BCUT2D eigenvalue weighted by Gasteiger charge is -2.30. The Labute approximate surface area is 158 Å². The molecule has 6 nitrogen and oxygen atoms in total. The van der Waals surface area contributed by atoms with E-state index in [0.29, 0.717) is 5.56 Å². The first-order valence-electron chi connectivity index (χ1n) is 8.19. The van der Waals surface area contributed by atoms with Crippen LogP contribution in [-0.4, -0.2) is 42.6 Å². The highest BCUT2D eigenvalue weighted by Gasteiger charge is 2.55. The Balaban J connectivity index is 3.62. The number of esters is 3. The molecule has 0 aliphatic heterocycles. The van der Waals surface area contributed by atoms with Gasteiger partial charge < -0.3 is 14.2 Å². The highest BCUT2D eigenvalue weighted by atomic mass is 35.5. The summed E-state index contributed by atoms with van der Waals surface area (Å²) in [6.07, 6.45) is 1.52. The number of carbonyl (C=O) groups excluding carboxylic acids is 3. The van der Waals surface area contributed by atoms with Crippen molar-refractivity contribution in [3.63, 3.8) is 0 Å². The maximum Gasteiger partial charge on any atom is 0.367 e. The van der Waals surface area contributed by atoms with Gasteiger partial charge in [-0.3, -0.25) is 4.79 Å². The number of halogens is 1. The molecular formula is C19H23ClO6. The van der Waals surface area contributed by atoms with E-state index >= 15 is 0 Å². The number of benzene rings is 1. The van der Waals surface area contributed by atoms with Crippen molar-refractivity contribution in [1.82, 2.24) is 0 Å². The normalized spacial score (nSPS) is 11.7. The number of carbonyl (C=O) groups is 3. The van der Waals surface area contributed by atoms with E-state index < -0.39 is 23.5 Å². The van der Waals surface area contributed by atoms with Crippen molar-refractivity contribution in [2.45, 2.75) is 33.3 Å². The van der Waals surface area contributed by atoms with Crippen LogP contribution in [-0.2, 0) is 28.6 Å². The van der Waals surface area contributed by atoms with Gasteiger partial charge in [0.1, 0.15) is 0 Å². The van der Waals surface area contributed by atoms with Gasteiger partial charge in [-0.1, -0.05) is 29.8 Å². The summed E-state index contributed by atoms with van der Waals surface area (Å²) in [5.41, 5.74) is -0.677. The Kier molecular flexibility index (Phi) is 8.32. The van der Waals surface area contributed by atoms with Crippen molar-refractivity contribution >= 4 is 35.6 Å². The van der Waals surface area contributed by atoms with Gasteiger partial charge in [-0.15, -0.1) is 11.6 Å². The van der Waals surface area contributed by atoms with Crippen LogP contribution in [0.5, 0.6) is 0 Å². The number of hydrogen-bond acceptors (Lipinski definition) is 6. The van der Waals surface area contributed by atoms with E-state index in [0.717, 1.165) is 12.5 Å². The molecule has 1 rings (SSSR count). The second kappa shape index (κ2) is 9.97. The Morgan fingerprint density at radius 2 is 1.69 bits per heavy atom. The average molecular weight is 383 g/mol. The SMILES string of the molecule is CCOC(=O)C(OC(C)=O)(C(=O)OCC)/C(=C/c1cccc(C)c1)CCl. The third-order valence-corrected chi connectivity index (χ3v) is 3.69. The zero-order valence-electron chi connectivity index (χ0n) is 15.3. The number of ether oxygens (including phenoxy) is 3. The molecule has 0 saturated heterocycles. The Hall–Kier alpha value is -2.34. The molecule has 26 heavy (non-hydrogen) atoms. The van der Waals surface area contributed by atoms with Crippen LogP contribution in [0.15, 0.2) is 29.8 Å². The fraction of sp³-hybridized carbons (Fsp3) is 0.421. The quantitative estimate of drug-likeness (QED) is 0.297. The second-order valence-electron chi connectivity index (χ2n) is 5.43. The molecule has 142 valence electrons. The highest BCUT2D eigenvalue weighted by Crippen LogP contribution is 2.30. The summed E-state index contributed by atoms with van der Waals surface area (Å²) >= 11 is 6.04. The van der Waals surface area contributed by atoms with E-state index in [1.807, 2.05) is 25.1 Å². The molecule has 0 amide bonds. The molecule has 0 atom stereocenters. The van der Waals surface area contributed by atoms with Gasteiger partial charge in [0, 0.05) is 18.4 Å². The minimum absolute atomic E-state index is 0.0126. The summed E-state index contributed by atoms with van der Waals surface area (Å²) in [6.45, 7) is 6.11. The third kappa shape index (κ3) is 5.08. The number of alkyl halides is 1. The topological polar surface area (TPSA) is 78.9 Å². The summed E-state index contributed by atoms with van der Waals surface area (Å²) < 4.78 is 15.2. The number of aryl methyl sites for hydroxylation is 1. The van der Waals surface area contributed by atoms with Crippen molar-refractivity contribution < 1.29 is 28.6 Å². The zero-order chi connectivity index (χ0) is 19.7. The first kappa shape index (κ1) is 21.7. The van der Waals surface area contributed by atoms with Gasteiger partial charge >= 0.3 is 23.5 Å².